The molecule has 0 amide bonds. The van der Waals surface area contributed by atoms with Crippen LogP contribution in [0, 0.1) is 5.82 Å². The minimum absolute atomic E-state index is 0.0627. The third kappa shape index (κ3) is 3.93. The number of nitrogens with zero attached hydrogens (tertiary/aromatic N) is 2. The van der Waals surface area contributed by atoms with Crippen LogP contribution in [0.3, 0.4) is 0 Å². The fourth-order valence-electron chi connectivity index (χ4n) is 1.74. The van der Waals surface area contributed by atoms with Gasteiger partial charge in [-0.2, -0.15) is 0 Å². The van der Waals surface area contributed by atoms with Gasteiger partial charge in [0.05, 0.1) is 12.0 Å². The van der Waals surface area contributed by atoms with Crippen molar-refractivity contribution in [1.29, 1.82) is 0 Å². The topological polar surface area (TPSA) is 90.0 Å². The van der Waals surface area contributed by atoms with Crippen molar-refractivity contribution in [2.75, 3.05) is 12.3 Å². The number of sulfonamides is 1. The van der Waals surface area contributed by atoms with Crippen LogP contribution in [0.2, 0.25) is 5.02 Å². The fourth-order valence-corrected chi connectivity index (χ4v) is 3.24. The second-order valence-corrected chi connectivity index (χ2v) is 6.53. The van der Waals surface area contributed by atoms with Crippen molar-refractivity contribution < 1.29 is 12.8 Å². The molecule has 1 heterocycles. The average Bonchev–Trinajstić information content (AvgIpc) is 2.92. The third-order valence-corrected chi connectivity index (χ3v) is 4.44. The van der Waals surface area contributed by atoms with Crippen molar-refractivity contribution >= 4 is 27.3 Å². The summed E-state index contributed by atoms with van der Waals surface area (Å²) in [6.45, 7) is 0.759. The van der Waals surface area contributed by atoms with Crippen LogP contribution in [0.25, 0.3) is 0 Å². The number of nitrogen functional groups attached to an aromatic ring is 1. The van der Waals surface area contributed by atoms with E-state index >= 15 is 0 Å². The summed E-state index contributed by atoms with van der Waals surface area (Å²) in [6, 6.07) is 2.19. The number of nitrogens with one attached hydrogen (secondary N) is 1. The van der Waals surface area contributed by atoms with Gasteiger partial charge in [0.2, 0.25) is 10.0 Å². The number of hydrogen-bond donors (Lipinski definition) is 2. The first-order chi connectivity index (χ1) is 9.90. The van der Waals surface area contributed by atoms with Crippen molar-refractivity contribution in [3.05, 3.63) is 41.7 Å². The molecule has 114 valence electrons. The van der Waals surface area contributed by atoms with Gasteiger partial charge < -0.3 is 10.3 Å². The smallest absolute Gasteiger partial charge is 0.243 e. The molecule has 0 saturated carbocycles. The molecule has 0 aliphatic heterocycles. The Bertz CT molecular complexity index is 719. The molecule has 0 unspecified atom stereocenters. The van der Waals surface area contributed by atoms with Crippen LogP contribution in [0.1, 0.15) is 6.42 Å². The number of rotatable bonds is 6. The molecular weight excluding hydrogens is 319 g/mol. The average molecular weight is 333 g/mol. The van der Waals surface area contributed by atoms with Crippen LogP contribution in [-0.4, -0.2) is 24.5 Å². The lowest BCUT2D eigenvalue weighted by Crippen LogP contribution is -2.26. The predicted molar refractivity (Wildman–Crippen MR) is 77.9 cm³/mol. The maximum Gasteiger partial charge on any atom is 0.243 e. The van der Waals surface area contributed by atoms with Gasteiger partial charge in [-0.1, -0.05) is 11.6 Å². The predicted octanol–water partition coefficient (Wildman–Crippen LogP) is 1.63. The van der Waals surface area contributed by atoms with E-state index < -0.39 is 20.7 Å². The highest BCUT2D eigenvalue weighted by molar-refractivity contribution is 7.89. The van der Waals surface area contributed by atoms with Gasteiger partial charge in [0, 0.05) is 30.5 Å². The lowest BCUT2D eigenvalue weighted by molar-refractivity contribution is 0.552. The molecule has 0 bridgehead atoms. The van der Waals surface area contributed by atoms with E-state index in [2.05, 4.69) is 9.71 Å². The molecule has 21 heavy (non-hydrogen) atoms. The van der Waals surface area contributed by atoms with Crippen LogP contribution < -0.4 is 10.5 Å². The van der Waals surface area contributed by atoms with E-state index in [1.54, 1.807) is 18.7 Å². The Hall–Kier alpha value is -1.64. The second-order valence-electron chi connectivity index (χ2n) is 4.36. The molecule has 0 atom stereocenters. The summed E-state index contributed by atoms with van der Waals surface area (Å²) in [6.07, 6.45) is 5.57. The first-order valence-electron chi connectivity index (χ1n) is 6.10. The Morgan fingerprint density at radius 2 is 2.19 bits per heavy atom. The van der Waals surface area contributed by atoms with E-state index in [1.807, 2.05) is 4.57 Å². The number of aromatic nitrogens is 2. The van der Waals surface area contributed by atoms with Crippen molar-refractivity contribution in [2.24, 2.45) is 0 Å². The number of aryl methyl sites for hydroxylation is 1. The molecule has 3 N–H and O–H groups in total. The van der Waals surface area contributed by atoms with E-state index in [9.17, 15) is 12.8 Å². The van der Waals surface area contributed by atoms with Gasteiger partial charge in [-0.15, -0.1) is 0 Å². The number of halogens is 2. The van der Waals surface area contributed by atoms with Gasteiger partial charge in [0.25, 0.3) is 0 Å². The summed E-state index contributed by atoms with van der Waals surface area (Å²) in [4.78, 5) is 3.33. The molecule has 0 radical (unpaired) electrons. The van der Waals surface area contributed by atoms with Gasteiger partial charge in [0.1, 0.15) is 4.90 Å². The fraction of sp³-hybridized carbons (Fsp3) is 0.250. The standard InChI is InChI=1S/C12H14ClFN4O2S/c13-9-6-10(15)12(14)11(7-9)21(19,20)17-2-1-4-18-5-3-16-8-18/h3,5-8,17H,1-2,4,15H2. The Labute approximate surface area is 126 Å². The van der Waals surface area contributed by atoms with Crippen LogP contribution in [0.5, 0.6) is 0 Å². The van der Waals surface area contributed by atoms with E-state index in [0.717, 1.165) is 12.1 Å². The lowest BCUT2D eigenvalue weighted by Gasteiger charge is -2.09. The summed E-state index contributed by atoms with van der Waals surface area (Å²) < 4.78 is 42.0. The molecule has 9 heteroatoms. The highest BCUT2D eigenvalue weighted by Gasteiger charge is 2.21. The number of hydrogen-bond acceptors (Lipinski definition) is 4. The summed E-state index contributed by atoms with van der Waals surface area (Å²) in [5.74, 6) is -0.999. The summed E-state index contributed by atoms with van der Waals surface area (Å²) in [5, 5.41) is 0.0627. The van der Waals surface area contributed by atoms with Crippen molar-refractivity contribution in [2.45, 2.75) is 17.9 Å². The minimum atomic E-state index is -3.99. The van der Waals surface area contributed by atoms with Gasteiger partial charge >= 0.3 is 0 Å². The number of imidazole rings is 1. The van der Waals surface area contributed by atoms with Crippen molar-refractivity contribution in [3.63, 3.8) is 0 Å². The highest BCUT2D eigenvalue weighted by atomic mass is 35.5. The molecule has 1 aromatic heterocycles. The van der Waals surface area contributed by atoms with Crippen LogP contribution in [0.15, 0.2) is 35.7 Å². The number of benzene rings is 1. The zero-order valence-corrected chi connectivity index (χ0v) is 12.5. The Balaban J connectivity index is 2.02. The summed E-state index contributed by atoms with van der Waals surface area (Å²) in [7, 11) is -3.99. The van der Waals surface area contributed by atoms with Gasteiger partial charge in [0.15, 0.2) is 5.82 Å². The number of nitrogens with two attached hydrogens (primary N) is 1. The Kier molecular flexibility index (Phi) is 4.81. The Morgan fingerprint density at radius 1 is 1.43 bits per heavy atom. The third-order valence-electron chi connectivity index (χ3n) is 2.77. The van der Waals surface area contributed by atoms with Gasteiger partial charge in [-0.25, -0.2) is 22.5 Å². The SMILES string of the molecule is Nc1cc(Cl)cc(S(=O)(=O)NCCCn2ccnc2)c1F. The van der Waals surface area contributed by atoms with E-state index in [4.69, 9.17) is 17.3 Å². The minimum Gasteiger partial charge on any atom is -0.396 e. The molecule has 2 aromatic rings. The zero-order valence-electron chi connectivity index (χ0n) is 11.0. The molecule has 0 fully saturated rings. The largest absolute Gasteiger partial charge is 0.396 e. The quantitative estimate of drug-likeness (QED) is 0.621. The molecule has 0 aliphatic rings. The molecule has 6 nitrogen and oxygen atoms in total. The second kappa shape index (κ2) is 6.42. The number of anilines is 1. The summed E-state index contributed by atoms with van der Waals surface area (Å²) >= 11 is 5.71. The first-order valence-corrected chi connectivity index (χ1v) is 7.96. The molecule has 0 aliphatic carbocycles. The normalized spacial score (nSPS) is 11.7. The van der Waals surface area contributed by atoms with Crippen LogP contribution in [0.4, 0.5) is 10.1 Å². The van der Waals surface area contributed by atoms with Gasteiger partial charge in [-0.3, -0.25) is 0 Å². The Morgan fingerprint density at radius 3 is 2.86 bits per heavy atom. The monoisotopic (exact) mass is 332 g/mol. The van der Waals surface area contributed by atoms with E-state index in [1.165, 1.54) is 0 Å². The highest BCUT2D eigenvalue weighted by Crippen LogP contribution is 2.25. The zero-order chi connectivity index (χ0) is 15.5. The lowest BCUT2D eigenvalue weighted by atomic mass is 10.3. The van der Waals surface area contributed by atoms with Crippen LogP contribution >= 0.6 is 11.6 Å². The molecule has 1 aromatic carbocycles. The van der Waals surface area contributed by atoms with Crippen molar-refractivity contribution in [1.82, 2.24) is 14.3 Å². The van der Waals surface area contributed by atoms with Crippen LogP contribution in [-0.2, 0) is 16.6 Å². The molecular formula is C12H14ClFN4O2S. The van der Waals surface area contributed by atoms with E-state index in [-0.39, 0.29) is 17.3 Å². The van der Waals surface area contributed by atoms with Gasteiger partial charge in [-0.05, 0) is 18.6 Å². The molecule has 0 saturated heterocycles. The maximum absolute atomic E-state index is 13.8. The molecule has 2 rings (SSSR count). The van der Waals surface area contributed by atoms with Crippen molar-refractivity contribution in [3.8, 4) is 0 Å². The summed E-state index contributed by atoms with van der Waals surface area (Å²) in [5.41, 5.74) is 5.07. The first kappa shape index (κ1) is 15.7. The van der Waals surface area contributed by atoms with E-state index in [0.29, 0.717) is 13.0 Å². The molecule has 0 spiro atoms. The maximum atomic E-state index is 13.8.